The molecular weight excluding hydrogens is 112 g/mol. The van der Waals surface area contributed by atoms with E-state index in [4.69, 9.17) is 5.41 Å². The monoisotopic (exact) mass is 127 g/mol. The number of quaternary nitrogens is 1. The molecule has 0 rings (SSSR count). The van der Waals surface area contributed by atoms with Crippen molar-refractivity contribution in [1.29, 1.82) is 5.41 Å². The largest absolute Gasteiger partial charge is 0.322 e. The molecule has 0 aliphatic heterocycles. The maximum Gasteiger partial charge on any atom is 0.0973 e. The Morgan fingerprint density at radius 2 is 2.11 bits per heavy atom. The fourth-order valence-electron chi connectivity index (χ4n) is 0.600. The number of nitrogens with one attached hydrogen (secondary N) is 1. The first-order chi connectivity index (χ1) is 4.22. The second-order valence-electron chi connectivity index (χ2n) is 2.30. The molecule has 9 heavy (non-hydrogen) atoms. The summed E-state index contributed by atoms with van der Waals surface area (Å²) in [5.41, 5.74) is 1.08. The Labute approximate surface area is 56.5 Å². The van der Waals surface area contributed by atoms with Gasteiger partial charge in [0.05, 0.1) is 13.2 Å². The molecule has 0 aromatic carbocycles. The van der Waals surface area contributed by atoms with Crippen molar-refractivity contribution in [2.45, 2.75) is 13.8 Å². The average Bonchev–Trinajstić information content (AvgIpc) is 1.82. The van der Waals surface area contributed by atoms with Gasteiger partial charge in [0.25, 0.3) is 0 Å². The number of allylic oxidation sites excluding steroid dienone is 1. The van der Waals surface area contributed by atoms with Gasteiger partial charge in [-0.15, -0.1) is 0 Å². The molecule has 52 valence electrons. The molecule has 0 atom stereocenters. The minimum absolute atomic E-state index is 0.471. The third-order valence-electron chi connectivity index (χ3n) is 1.19. The minimum atomic E-state index is 0.471. The van der Waals surface area contributed by atoms with Gasteiger partial charge in [0, 0.05) is 11.8 Å². The predicted molar refractivity (Wildman–Crippen MR) is 39.6 cm³/mol. The summed E-state index contributed by atoms with van der Waals surface area (Å²) in [4.78, 5) is 0. The number of hydrogen-bond acceptors (Lipinski definition) is 1. The first-order valence-corrected chi connectivity index (χ1v) is 3.22. The van der Waals surface area contributed by atoms with Gasteiger partial charge in [-0.3, -0.25) is 0 Å². The van der Waals surface area contributed by atoms with Gasteiger partial charge in [-0.05, 0) is 5.92 Å². The highest BCUT2D eigenvalue weighted by Gasteiger charge is 1.98. The van der Waals surface area contributed by atoms with E-state index in [0.717, 1.165) is 5.57 Å². The summed E-state index contributed by atoms with van der Waals surface area (Å²) in [5, 5.41) is 8.94. The summed E-state index contributed by atoms with van der Waals surface area (Å²) < 4.78 is 0. The van der Waals surface area contributed by atoms with Gasteiger partial charge in [-0.25, -0.2) is 0 Å². The van der Waals surface area contributed by atoms with Crippen LogP contribution in [0.3, 0.4) is 0 Å². The Bertz CT molecular complexity index is 114. The van der Waals surface area contributed by atoms with Crippen LogP contribution in [0.15, 0.2) is 11.8 Å². The fraction of sp³-hybridized carbons (Fsp3) is 0.571. The summed E-state index contributed by atoms with van der Waals surface area (Å²) in [6.45, 7) is 4.17. The zero-order valence-electron chi connectivity index (χ0n) is 6.31. The third-order valence-corrected chi connectivity index (χ3v) is 1.19. The maximum atomic E-state index is 6.98. The summed E-state index contributed by atoms with van der Waals surface area (Å²) >= 11 is 0. The molecule has 0 aromatic heterocycles. The summed E-state index contributed by atoms with van der Waals surface area (Å²) in [6.07, 6.45) is 3.38. The number of nitrogens with two attached hydrogens (primary N) is 1. The van der Waals surface area contributed by atoms with Crippen LogP contribution in [0.1, 0.15) is 13.8 Å². The van der Waals surface area contributed by atoms with E-state index in [1.165, 1.54) is 6.21 Å². The van der Waals surface area contributed by atoms with Crippen LogP contribution in [-0.4, -0.2) is 13.3 Å². The van der Waals surface area contributed by atoms with Crippen LogP contribution in [0.4, 0.5) is 0 Å². The lowest BCUT2D eigenvalue weighted by atomic mass is 10.1. The molecule has 0 aliphatic carbocycles. The van der Waals surface area contributed by atoms with Gasteiger partial charge in [0.2, 0.25) is 0 Å². The smallest absolute Gasteiger partial charge is 0.0973 e. The van der Waals surface area contributed by atoms with Crippen molar-refractivity contribution in [3.05, 3.63) is 11.8 Å². The Hall–Kier alpha value is -0.630. The molecule has 0 radical (unpaired) electrons. The lowest BCUT2D eigenvalue weighted by Crippen LogP contribution is -2.73. The second kappa shape index (κ2) is 4.27. The summed E-state index contributed by atoms with van der Waals surface area (Å²) in [6, 6.07) is 0. The van der Waals surface area contributed by atoms with Gasteiger partial charge in [0.1, 0.15) is 0 Å². The lowest BCUT2D eigenvalue weighted by Gasteiger charge is -2.00. The maximum absolute atomic E-state index is 6.98. The SMILES string of the molecule is C[NH2+]/C=C(\C=N)C(C)C. The van der Waals surface area contributed by atoms with E-state index >= 15 is 0 Å². The first kappa shape index (κ1) is 8.37. The van der Waals surface area contributed by atoms with E-state index in [2.05, 4.69) is 13.8 Å². The standard InChI is InChI=1S/C7H14N2/c1-6(2)7(4-8)5-9-3/h4-6,8-9H,1-3H3/p+1/b7-5+,8-4?. The van der Waals surface area contributed by atoms with Crippen molar-refractivity contribution in [2.75, 3.05) is 7.05 Å². The molecule has 0 aliphatic rings. The fourth-order valence-corrected chi connectivity index (χ4v) is 0.600. The van der Waals surface area contributed by atoms with Crippen molar-refractivity contribution < 1.29 is 5.32 Å². The first-order valence-electron chi connectivity index (χ1n) is 3.22. The van der Waals surface area contributed by atoms with E-state index in [1.807, 2.05) is 18.6 Å². The van der Waals surface area contributed by atoms with Gasteiger partial charge >= 0.3 is 0 Å². The molecule has 0 aromatic rings. The Kier molecular flexibility index (Phi) is 3.97. The van der Waals surface area contributed by atoms with Crippen molar-refractivity contribution >= 4 is 6.21 Å². The quantitative estimate of drug-likeness (QED) is 0.514. The molecule has 3 N–H and O–H groups in total. The number of rotatable bonds is 3. The lowest BCUT2D eigenvalue weighted by molar-refractivity contribution is -0.557. The predicted octanol–water partition coefficient (Wildman–Crippen LogP) is 0.369. The molecule has 2 heteroatoms. The number of hydrogen-bond donors (Lipinski definition) is 2. The summed E-state index contributed by atoms with van der Waals surface area (Å²) in [7, 11) is 1.96. The van der Waals surface area contributed by atoms with Crippen molar-refractivity contribution in [2.24, 2.45) is 5.92 Å². The van der Waals surface area contributed by atoms with Crippen LogP contribution in [0.2, 0.25) is 0 Å². The molecule has 0 spiro atoms. The van der Waals surface area contributed by atoms with Crippen LogP contribution in [0.25, 0.3) is 0 Å². The van der Waals surface area contributed by atoms with Crippen LogP contribution in [0, 0.1) is 11.3 Å². The summed E-state index contributed by atoms with van der Waals surface area (Å²) in [5.74, 6) is 0.471. The van der Waals surface area contributed by atoms with Gasteiger partial charge < -0.3 is 10.7 Å². The highest BCUT2D eigenvalue weighted by molar-refractivity contribution is 5.75. The second-order valence-corrected chi connectivity index (χ2v) is 2.30. The van der Waals surface area contributed by atoms with E-state index in [9.17, 15) is 0 Å². The Morgan fingerprint density at radius 1 is 1.56 bits per heavy atom. The van der Waals surface area contributed by atoms with Crippen LogP contribution >= 0.6 is 0 Å². The Morgan fingerprint density at radius 3 is 2.22 bits per heavy atom. The molecule has 0 saturated carbocycles. The van der Waals surface area contributed by atoms with Crippen molar-refractivity contribution in [1.82, 2.24) is 0 Å². The third kappa shape index (κ3) is 3.03. The molecular formula is C7H15N2+. The van der Waals surface area contributed by atoms with Gasteiger partial charge in [-0.2, -0.15) is 0 Å². The molecule has 2 nitrogen and oxygen atoms in total. The van der Waals surface area contributed by atoms with Crippen LogP contribution in [0.5, 0.6) is 0 Å². The average molecular weight is 127 g/mol. The molecule has 0 heterocycles. The Balaban J connectivity index is 3.97. The highest BCUT2D eigenvalue weighted by atomic mass is 14.8. The van der Waals surface area contributed by atoms with Gasteiger partial charge in [-0.1, -0.05) is 13.8 Å². The molecule has 0 bridgehead atoms. The highest BCUT2D eigenvalue weighted by Crippen LogP contribution is 2.02. The van der Waals surface area contributed by atoms with Crippen LogP contribution < -0.4 is 5.32 Å². The molecule has 0 unspecified atom stereocenters. The van der Waals surface area contributed by atoms with Crippen molar-refractivity contribution in [3.63, 3.8) is 0 Å². The van der Waals surface area contributed by atoms with E-state index in [1.54, 1.807) is 0 Å². The zero-order chi connectivity index (χ0) is 7.28. The van der Waals surface area contributed by atoms with E-state index < -0.39 is 0 Å². The van der Waals surface area contributed by atoms with Crippen LogP contribution in [-0.2, 0) is 0 Å². The van der Waals surface area contributed by atoms with E-state index in [0.29, 0.717) is 5.92 Å². The molecule has 0 fully saturated rings. The van der Waals surface area contributed by atoms with E-state index in [-0.39, 0.29) is 0 Å². The minimum Gasteiger partial charge on any atom is -0.322 e. The normalized spacial score (nSPS) is 12.2. The molecule has 0 saturated heterocycles. The van der Waals surface area contributed by atoms with Gasteiger partial charge in [0.15, 0.2) is 0 Å². The zero-order valence-corrected chi connectivity index (χ0v) is 6.31. The molecule has 0 amide bonds. The van der Waals surface area contributed by atoms with Crippen molar-refractivity contribution in [3.8, 4) is 0 Å². The topological polar surface area (TPSA) is 40.5 Å².